The molecule has 0 spiro atoms. The van der Waals surface area contributed by atoms with Crippen LogP contribution in [0.1, 0.15) is 17.0 Å². The Morgan fingerprint density at radius 2 is 1.57 bits per heavy atom. The second-order valence-corrected chi connectivity index (χ2v) is 10.1. The first-order valence-electron chi connectivity index (χ1n) is 9.64. The third-order valence-electron chi connectivity index (χ3n) is 5.19. The summed E-state index contributed by atoms with van der Waals surface area (Å²) in [7, 11) is -4.43. The molecule has 0 bridgehead atoms. The van der Waals surface area contributed by atoms with Gasteiger partial charge < -0.3 is 13.8 Å². The molecule has 0 N–H and O–H groups in total. The van der Waals surface area contributed by atoms with Crippen LogP contribution in [0.3, 0.4) is 0 Å². The van der Waals surface area contributed by atoms with Crippen molar-refractivity contribution in [1.29, 1.82) is 0 Å². The summed E-state index contributed by atoms with van der Waals surface area (Å²) in [5.74, 6) is -3.28. The summed E-state index contributed by atoms with van der Waals surface area (Å²) in [5, 5.41) is 0.0192. The normalized spacial score (nSPS) is 15.3. The molecule has 184 valence electrons. The van der Waals surface area contributed by atoms with Gasteiger partial charge in [0.15, 0.2) is 5.75 Å². The first-order valence-corrected chi connectivity index (χ1v) is 12.2. The molecule has 4 rings (SSSR count). The van der Waals surface area contributed by atoms with Crippen molar-refractivity contribution in [3.8, 4) is 11.5 Å². The molecule has 13 heteroatoms. The molecule has 35 heavy (non-hydrogen) atoms. The lowest BCUT2D eigenvalue weighted by Crippen LogP contribution is -2.32. The molecule has 0 amide bonds. The minimum absolute atomic E-state index is 0.0820. The molecule has 0 aliphatic carbocycles. The molecule has 0 saturated heterocycles. The van der Waals surface area contributed by atoms with E-state index in [1.54, 1.807) is 36.2 Å². The maximum atomic E-state index is 13.5. The van der Waals surface area contributed by atoms with E-state index in [0.29, 0.717) is 11.3 Å². The van der Waals surface area contributed by atoms with Crippen molar-refractivity contribution in [3.05, 3.63) is 80.8 Å². The van der Waals surface area contributed by atoms with Crippen LogP contribution in [-0.2, 0) is 14.9 Å². The van der Waals surface area contributed by atoms with E-state index >= 15 is 0 Å². The number of carbonyl (C=O) groups excluding carboxylic acids is 1. The summed E-state index contributed by atoms with van der Waals surface area (Å²) in [6.07, 6.45) is 0. The van der Waals surface area contributed by atoms with Gasteiger partial charge in [-0.2, -0.15) is 21.6 Å². The minimum atomic E-state index is -6.03. The lowest BCUT2D eigenvalue weighted by atomic mass is 9.84. The number of ether oxygens (including phenoxy) is 1. The lowest BCUT2D eigenvalue weighted by Gasteiger charge is -2.35. The molecule has 0 fully saturated rings. The van der Waals surface area contributed by atoms with Gasteiger partial charge in [-0.3, -0.25) is 4.79 Å². The zero-order chi connectivity index (χ0) is 25.7. The smallest absolute Gasteiger partial charge is 0.423 e. The van der Waals surface area contributed by atoms with Gasteiger partial charge in [-0.05, 0) is 35.9 Å². The molecule has 3 aromatic carbocycles. The largest absolute Gasteiger partial charge is 0.534 e. The lowest BCUT2D eigenvalue weighted by molar-refractivity contribution is -0.135. The van der Waals surface area contributed by atoms with Gasteiger partial charge in [-0.15, -0.1) is 0 Å². The second-order valence-electron chi connectivity index (χ2n) is 7.34. The number of fused-ring (bicyclic) bond motifs is 2. The average molecular weight is 567 g/mol. The quantitative estimate of drug-likeness (QED) is 0.152. The highest BCUT2D eigenvalue weighted by molar-refractivity contribution is 7.88. The zero-order valence-electron chi connectivity index (χ0n) is 17.4. The number of esters is 1. The number of hydrogen-bond acceptors (Lipinski definition) is 6. The fraction of sp³-hybridized carbons (Fsp3) is 0.136. The monoisotopic (exact) mass is 565 g/mol. The standard InChI is InChI=1S/C22H13Cl3F3NO5S/c1-29-15-6-3-2-5-12(15)18(21(30)33-20-13(24)9-11(23)10-14(20)25)19-16(29)7-4-8-17(19)34-35(31,32)22(26,27)28/h2-10,18H,1H3. The molecule has 1 unspecified atom stereocenters. The van der Waals surface area contributed by atoms with Gasteiger partial charge in [0.2, 0.25) is 0 Å². The average Bonchev–Trinajstić information content (AvgIpc) is 2.76. The van der Waals surface area contributed by atoms with Crippen LogP contribution in [0, 0.1) is 0 Å². The molecule has 1 atom stereocenters. The number of para-hydroxylation sites is 1. The first kappa shape index (κ1) is 25.4. The van der Waals surface area contributed by atoms with Crippen LogP contribution in [0.4, 0.5) is 24.5 Å². The Morgan fingerprint density at radius 3 is 2.20 bits per heavy atom. The van der Waals surface area contributed by atoms with E-state index in [1.165, 1.54) is 24.3 Å². The van der Waals surface area contributed by atoms with Crippen LogP contribution in [0.2, 0.25) is 15.1 Å². The molecular formula is C22H13Cl3F3NO5S. The predicted octanol–water partition coefficient (Wildman–Crippen LogP) is 6.69. The number of halogens is 6. The number of carbonyl (C=O) groups is 1. The molecule has 3 aromatic rings. The number of rotatable bonds is 4. The zero-order valence-corrected chi connectivity index (χ0v) is 20.5. The van der Waals surface area contributed by atoms with E-state index in [0.717, 1.165) is 6.07 Å². The number of hydrogen-bond donors (Lipinski definition) is 0. The van der Waals surface area contributed by atoms with Gasteiger partial charge in [-0.25, -0.2) is 0 Å². The van der Waals surface area contributed by atoms with E-state index in [1.807, 2.05) is 0 Å². The van der Waals surface area contributed by atoms with Gasteiger partial charge in [0, 0.05) is 29.0 Å². The van der Waals surface area contributed by atoms with Gasteiger partial charge >= 0.3 is 21.6 Å². The van der Waals surface area contributed by atoms with Crippen LogP contribution in [0.5, 0.6) is 11.5 Å². The second kappa shape index (κ2) is 9.09. The fourth-order valence-electron chi connectivity index (χ4n) is 3.71. The summed E-state index contributed by atoms with van der Waals surface area (Å²) < 4.78 is 72.8. The Morgan fingerprint density at radius 1 is 0.971 bits per heavy atom. The van der Waals surface area contributed by atoms with Crippen molar-refractivity contribution >= 4 is 62.3 Å². The van der Waals surface area contributed by atoms with Crippen LogP contribution in [-0.4, -0.2) is 26.9 Å². The Hall–Kier alpha value is -2.66. The van der Waals surface area contributed by atoms with Gasteiger partial charge in [0.05, 0.1) is 10.0 Å². The van der Waals surface area contributed by atoms with E-state index < -0.39 is 33.3 Å². The highest BCUT2D eigenvalue weighted by atomic mass is 35.5. The third kappa shape index (κ3) is 4.63. The van der Waals surface area contributed by atoms with Crippen LogP contribution >= 0.6 is 34.8 Å². The fourth-order valence-corrected chi connectivity index (χ4v) is 5.08. The van der Waals surface area contributed by atoms with Gasteiger partial charge in [-0.1, -0.05) is 59.1 Å². The summed E-state index contributed by atoms with van der Waals surface area (Å²) in [4.78, 5) is 15.1. The summed E-state index contributed by atoms with van der Waals surface area (Å²) in [5.41, 5.74) is -4.74. The molecule has 1 aliphatic heterocycles. The van der Waals surface area contributed by atoms with Crippen molar-refractivity contribution in [1.82, 2.24) is 0 Å². The van der Waals surface area contributed by atoms with E-state index in [4.69, 9.17) is 39.5 Å². The molecule has 1 heterocycles. The molecular weight excluding hydrogens is 554 g/mol. The number of alkyl halides is 3. The van der Waals surface area contributed by atoms with Crippen molar-refractivity contribution < 1.29 is 35.3 Å². The summed E-state index contributed by atoms with van der Waals surface area (Å²) in [6.45, 7) is 0. The molecule has 1 aliphatic rings. The van der Waals surface area contributed by atoms with Gasteiger partial charge in [0.25, 0.3) is 0 Å². The summed E-state index contributed by atoms with van der Waals surface area (Å²) in [6, 6.07) is 13.0. The minimum Gasteiger partial charge on any atom is -0.423 e. The maximum Gasteiger partial charge on any atom is 0.534 e. The topological polar surface area (TPSA) is 72.9 Å². The Balaban J connectivity index is 1.89. The Bertz CT molecular complexity index is 1420. The van der Waals surface area contributed by atoms with Crippen molar-refractivity contribution in [2.45, 2.75) is 11.4 Å². The molecule has 0 radical (unpaired) electrons. The van der Waals surface area contributed by atoms with Crippen molar-refractivity contribution in [2.75, 3.05) is 11.9 Å². The Kier molecular flexibility index (Phi) is 6.60. The van der Waals surface area contributed by atoms with Crippen LogP contribution in [0.15, 0.2) is 54.6 Å². The third-order valence-corrected chi connectivity index (χ3v) is 6.93. The van der Waals surface area contributed by atoms with Gasteiger partial charge in [0.1, 0.15) is 11.7 Å². The van der Waals surface area contributed by atoms with Crippen LogP contribution in [0.25, 0.3) is 0 Å². The highest BCUT2D eigenvalue weighted by Gasteiger charge is 2.49. The number of anilines is 2. The maximum absolute atomic E-state index is 13.5. The van der Waals surface area contributed by atoms with Crippen LogP contribution < -0.4 is 13.8 Å². The summed E-state index contributed by atoms with van der Waals surface area (Å²) >= 11 is 18.1. The molecule has 0 aromatic heterocycles. The van der Waals surface area contributed by atoms with Crippen molar-refractivity contribution in [2.24, 2.45) is 0 Å². The first-order chi connectivity index (χ1) is 16.3. The van der Waals surface area contributed by atoms with Crippen molar-refractivity contribution in [3.63, 3.8) is 0 Å². The molecule has 0 saturated carbocycles. The number of nitrogens with zero attached hydrogens (tertiary/aromatic N) is 1. The van der Waals surface area contributed by atoms with E-state index in [9.17, 15) is 26.4 Å². The van der Waals surface area contributed by atoms with E-state index in [-0.39, 0.29) is 32.1 Å². The Labute approximate surface area is 212 Å². The number of benzene rings is 3. The van der Waals surface area contributed by atoms with E-state index in [2.05, 4.69) is 4.18 Å². The SMILES string of the molecule is CN1c2ccccc2C(C(=O)Oc2c(Cl)cc(Cl)cc2Cl)c2c(OS(=O)(=O)C(F)(F)F)cccc21. The predicted molar refractivity (Wildman–Crippen MR) is 125 cm³/mol. The molecule has 6 nitrogen and oxygen atoms in total. The highest BCUT2D eigenvalue weighted by Crippen LogP contribution is 2.50.